The molecule has 20 heavy (non-hydrogen) atoms. The van der Waals surface area contributed by atoms with Crippen molar-refractivity contribution in [2.24, 2.45) is 0 Å². The summed E-state index contributed by atoms with van der Waals surface area (Å²) < 4.78 is 0. The van der Waals surface area contributed by atoms with Gasteiger partial charge in [-0.25, -0.2) is 0 Å². The standard InChI is InChI=1S/C17H25NO2/c1-3-14-6-8-15(9-7-14)13-18(2)16(19)12-17(20)10-4-5-11-17/h6-9,20H,3-5,10-13H2,1-2H3. The molecule has 1 aliphatic carbocycles. The lowest BCUT2D eigenvalue weighted by atomic mass is 9.97. The van der Waals surface area contributed by atoms with E-state index in [9.17, 15) is 9.90 Å². The van der Waals surface area contributed by atoms with Gasteiger partial charge < -0.3 is 10.0 Å². The highest BCUT2D eigenvalue weighted by Gasteiger charge is 2.34. The topological polar surface area (TPSA) is 40.5 Å². The SMILES string of the molecule is CCc1ccc(CN(C)C(=O)CC2(O)CCCC2)cc1. The van der Waals surface area contributed by atoms with Crippen molar-refractivity contribution in [2.75, 3.05) is 7.05 Å². The summed E-state index contributed by atoms with van der Waals surface area (Å²) in [5, 5.41) is 10.3. The van der Waals surface area contributed by atoms with E-state index < -0.39 is 5.60 Å². The van der Waals surface area contributed by atoms with Crippen LogP contribution in [0, 0.1) is 0 Å². The van der Waals surface area contributed by atoms with Gasteiger partial charge in [0, 0.05) is 13.6 Å². The van der Waals surface area contributed by atoms with Crippen LogP contribution in [0.2, 0.25) is 0 Å². The number of aliphatic hydroxyl groups is 1. The number of rotatable bonds is 5. The predicted molar refractivity (Wildman–Crippen MR) is 80.3 cm³/mol. The Hall–Kier alpha value is -1.35. The normalized spacial score (nSPS) is 17.1. The largest absolute Gasteiger partial charge is 0.389 e. The first kappa shape index (κ1) is 15.0. The van der Waals surface area contributed by atoms with Gasteiger partial charge in [-0.2, -0.15) is 0 Å². The maximum atomic E-state index is 12.2. The van der Waals surface area contributed by atoms with Crippen LogP contribution < -0.4 is 0 Å². The Bertz CT molecular complexity index is 447. The molecule has 1 saturated carbocycles. The monoisotopic (exact) mass is 275 g/mol. The van der Waals surface area contributed by atoms with Crippen molar-refractivity contribution in [2.45, 2.75) is 57.6 Å². The van der Waals surface area contributed by atoms with Crippen molar-refractivity contribution < 1.29 is 9.90 Å². The van der Waals surface area contributed by atoms with Gasteiger partial charge >= 0.3 is 0 Å². The Kier molecular flexibility index (Phi) is 4.81. The van der Waals surface area contributed by atoms with E-state index in [1.54, 1.807) is 4.90 Å². The molecule has 1 amide bonds. The first-order chi connectivity index (χ1) is 9.52. The van der Waals surface area contributed by atoms with E-state index >= 15 is 0 Å². The average Bonchev–Trinajstić information content (AvgIpc) is 2.86. The molecule has 0 saturated heterocycles. The molecule has 0 aliphatic heterocycles. The van der Waals surface area contributed by atoms with E-state index in [0.717, 1.165) is 37.7 Å². The van der Waals surface area contributed by atoms with Crippen molar-refractivity contribution in [3.63, 3.8) is 0 Å². The van der Waals surface area contributed by atoms with Gasteiger partial charge in [0.15, 0.2) is 0 Å². The number of benzene rings is 1. The fourth-order valence-electron chi connectivity index (χ4n) is 2.87. The highest BCUT2D eigenvalue weighted by atomic mass is 16.3. The summed E-state index contributed by atoms with van der Waals surface area (Å²) in [4.78, 5) is 13.9. The van der Waals surface area contributed by atoms with E-state index in [2.05, 4.69) is 31.2 Å². The number of hydrogen-bond acceptors (Lipinski definition) is 2. The molecular weight excluding hydrogens is 250 g/mol. The molecule has 0 atom stereocenters. The molecule has 3 nitrogen and oxygen atoms in total. The fraction of sp³-hybridized carbons (Fsp3) is 0.588. The van der Waals surface area contributed by atoms with Gasteiger partial charge in [-0.3, -0.25) is 4.79 Å². The molecule has 1 aromatic carbocycles. The summed E-state index contributed by atoms with van der Waals surface area (Å²) in [6.45, 7) is 2.74. The molecule has 1 fully saturated rings. The van der Waals surface area contributed by atoms with Crippen molar-refractivity contribution in [1.82, 2.24) is 4.90 Å². The first-order valence-electron chi connectivity index (χ1n) is 7.56. The lowest BCUT2D eigenvalue weighted by Crippen LogP contribution is -2.35. The van der Waals surface area contributed by atoms with Gasteiger partial charge in [0.2, 0.25) is 5.91 Å². The molecule has 3 heteroatoms. The molecule has 110 valence electrons. The minimum atomic E-state index is -0.753. The van der Waals surface area contributed by atoms with E-state index in [-0.39, 0.29) is 12.3 Å². The highest BCUT2D eigenvalue weighted by Crippen LogP contribution is 2.32. The molecule has 2 rings (SSSR count). The number of amides is 1. The van der Waals surface area contributed by atoms with Gasteiger partial charge in [-0.15, -0.1) is 0 Å². The molecule has 1 N–H and O–H groups in total. The minimum Gasteiger partial charge on any atom is -0.389 e. The zero-order valence-corrected chi connectivity index (χ0v) is 12.6. The molecule has 0 unspecified atom stereocenters. The third-order valence-electron chi connectivity index (χ3n) is 4.29. The smallest absolute Gasteiger partial charge is 0.225 e. The maximum Gasteiger partial charge on any atom is 0.225 e. The van der Waals surface area contributed by atoms with Crippen LogP contribution in [0.25, 0.3) is 0 Å². The molecule has 0 spiro atoms. The van der Waals surface area contributed by atoms with E-state index in [4.69, 9.17) is 0 Å². The first-order valence-corrected chi connectivity index (χ1v) is 7.56. The van der Waals surface area contributed by atoms with Crippen molar-refractivity contribution >= 4 is 5.91 Å². The second kappa shape index (κ2) is 6.40. The Morgan fingerprint density at radius 2 is 1.75 bits per heavy atom. The van der Waals surface area contributed by atoms with Gasteiger partial charge in [-0.1, -0.05) is 44.0 Å². The van der Waals surface area contributed by atoms with E-state index in [1.165, 1.54) is 5.56 Å². The van der Waals surface area contributed by atoms with E-state index in [0.29, 0.717) is 6.54 Å². The Morgan fingerprint density at radius 3 is 2.30 bits per heavy atom. The highest BCUT2D eigenvalue weighted by molar-refractivity contribution is 5.77. The lowest BCUT2D eigenvalue weighted by Gasteiger charge is -2.25. The van der Waals surface area contributed by atoms with Crippen molar-refractivity contribution in [1.29, 1.82) is 0 Å². The Labute approximate surface area is 121 Å². The second-order valence-electron chi connectivity index (χ2n) is 6.03. The summed E-state index contributed by atoms with van der Waals surface area (Å²) >= 11 is 0. The van der Waals surface area contributed by atoms with Crippen molar-refractivity contribution in [3.05, 3.63) is 35.4 Å². The van der Waals surface area contributed by atoms with Crippen LogP contribution >= 0.6 is 0 Å². The van der Waals surface area contributed by atoms with E-state index in [1.807, 2.05) is 7.05 Å². The minimum absolute atomic E-state index is 0.0361. The van der Waals surface area contributed by atoms with Crippen LogP contribution in [-0.4, -0.2) is 28.6 Å². The summed E-state index contributed by atoms with van der Waals surface area (Å²) in [6, 6.07) is 8.37. The van der Waals surface area contributed by atoms with Crippen LogP contribution in [0.3, 0.4) is 0 Å². The van der Waals surface area contributed by atoms with Crippen LogP contribution in [0.5, 0.6) is 0 Å². The van der Waals surface area contributed by atoms with Gasteiger partial charge in [0.1, 0.15) is 0 Å². The second-order valence-corrected chi connectivity index (χ2v) is 6.03. The molecule has 0 radical (unpaired) electrons. The summed E-state index contributed by atoms with van der Waals surface area (Å²) in [7, 11) is 1.81. The molecule has 1 aliphatic rings. The van der Waals surface area contributed by atoms with Gasteiger partial charge in [0.25, 0.3) is 0 Å². The molecular formula is C17H25NO2. The zero-order valence-electron chi connectivity index (χ0n) is 12.6. The third kappa shape index (κ3) is 3.83. The summed E-state index contributed by atoms with van der Waals surface area (Å²) in [6.07, 6.45) is 4.88. The van der Waals surface area contributed by atoms with Gasteiger partial charge in [-0.05, 0) is 30.4 Å². The Morgan fingerprint density at radius 1 is 1.20 bits per heavy atom. The lowest BCUT2D eigenvalue weighted by molar-refractivity contribution is -0.135. The van der Waals surface area contributed by atoms with Crippen LogP contribution in [0.15, 0.2) is 24.3 Å². The molecule has 0 bridgehead atoms. The molecule has 0 heterocycles. The van der Waals surface area contributed by atoms with Crippen LogP contribution in [-0.2, 0) is 17.8 Å². The number of hydrogen-bond donors (Lipinski definition) is 1. The quantitative estimate of drug-likeness (QED) is 0.897. The summed E-state index contributed by atoms with van der Waals surface area (Å²) in [5.74, 6) is 0.0361. The van der Waals surface area contributed by atoms with Crippen LogP contribution in [0.1, 0.15) is 50.2 Å². The number of carbonyl (C=O) groups is 1. The van der Waals surface area contributed by atoms with Gasteiger partial charge in [0.05, 0.1) is 12.0 Å². The molecule has 0 aromatic heterocycles. The predicted octanol–water partition coefficient (Wildman–Crippen LogP) is 2.90. The summed E-state index contributed by atoms with van der Waals surface area (Å²) in [5.41, 5.74) is 1.69. The zero-order chi connectivity index (χ0) is 14.6. The number of carbonyl (C=O) groups excluding carboxylic acids is 1. The Balaban J connectivity index is 1.89. The average molecular weight is 275 g/mol. The molecule has 1 aromatic rings. The van der Waals surface area contributed by atoms with Crippen LogP contribution in [0.4, 0.5) is 0 Å². The fourth-order valence-corrected chi connectivity index (χ4v) is 2.87. The van der Waals surface area contributed by atoms with Crippen molar-refractivity contribution in [3.8, 4) is 0 Å². The maximum absolute atomic E-state index is 12.2. The number of nitrogens with zero attached hydrogens (tertiary/aromatic N) is 1. The number of aryl methyl sites for hydroxylation is 1. The third-order valence-corrected chi connectivity index (χ3v) is 4.29.